The predicted octanol–water partition coefficient (Wildman–Crippen LogP) is 3.41. The minimum Gasteiger partial charge on any atom is -0.480 e. The molecule has 1 N–H and O–H groups in total. The molecule has 0 aliphatic heterocycles. The van der Waals surface area contributed by atoms with Crippen molar-refractivity contribution in [1.29, 1.82) is 0 Å². The van der Waals surface area contributed by atoms with Crippen LogP contribution in [0.4, 0.5) is 0 Å². The van der Waals surface area contributed by atoms with E-state index in [2.05, 4.69) is 19.9 Å². The molecule has 0 aliphatic rings. The molecule has 0 radical (unpaired) electrons. The smallest absolute Gasteiger partial charge is 0.320 e. The summed E-state index contributed by atoms with van der Waals surface area (Å²) in [6.45, 7) is 8.92. The zero-order valence-electron chi connectivity index (χ0n) is 14.9. The molecule has 0 amide bonds. The first kappa shape index (κ1) is 21.4. The van der Waals surface area contributed by atoms with E-state index in [1.165, 1.54) is 11.1 Å². The monoisotopic (exact) mass is 325 g/mol. The Hall–Kier alpha value is -1.62. The van der Waals surface area contributed by atoms with Crippen molar-refractivity contribution in [2.45, 2.75) is 53.4 Å². The van der Waals surface area contributed by atoms with Gasteiger partial charge in [0, 0.05) is 0 Å². The van der Waals surface area contributed by atoms with E-state index in [-0.39, 0.29) is 25.7 Å². The van der Waals surface area contributed by atoms with Crippen LogP contribution < -0.4 is 0 Å². The number of aliphatic carboxylic acids is 1. The molecule has 0 aromatic rings. The van der Waals surface area contributed by atoms with Gasteiger partial charge >= 0.3 is 11.9 Å². The van der Waals surface area contributed by atoms with Gasteiger partial charge in [0.2, 0.25) is 0 Å². The number of unbranched alkanes of at least 4 members (excludes halogenated alkanes) is 1. The first-order valence-corrected chi connectivity index (χ1v) is 8.23. The molecular formula is C18H31NO4. The third kappa shape index (κ3) is 13.7. The minimum absolute atomic E-state index is 0.0248. The first-order chi connectivity index (χ1) is 10.8. The molecule has 132 valence electrons. The van der Waals surface area contributed by atoms with Crippen molar-refractivity contribution in [2.75, 3.05) is 26.2 Å². The number of carboxylic acids is 1. The van der Waals surface area contributed by atoms with Crippen LogP contribution in [0.5, 0.6) is 0 Å². The summed E-state index contributed by atoms with van der Waals surface area (Å²) in [4.78, 5) is 24.2. The van der Waals surface area contributed by atoms with Crippen molar-refractivity contribution in [3.8, 4) is 0 Å². The van der Waals surface area contributed by atoms with Crippen LogP contribution in [-0.4, -0.2) is 48.2 Å². The number of allylic oxidation sites excluding steroid dienone is 3. The van der Waals surface area contributed by atoms with Gasteiger partial charge in [-0.25, -0.2) is 0 Å². The summed E-state index contributed by atoms with van der Waals surface area (Å²) < 4.78 is 5.17. The molecule has 0 aromatic heterocycles. The maximum atomic E-state index is 11.8. The Kier molecular flexibility index (Phi) is 12.0. The number of hydrogen-bond acceptors (Lipinski definition) is 4. The van der Waals surface area contributed by atoms with Crippen molar-refractivity contribution < 1.29 is 19.4 Å². The van der Waals surface area contributed by atoms with Crippen LogP contribution in [0.3, 0.4) is 0 Å². The van der Waals surface area contributed by atoms with Gasteiger partial charge in [-0.05, 0) is 52.7 Å². The highest BCUT2D eigenvalue weighted by Crippen LogP contribution is 2.06. The molecule has 0 unspecified atom stereocenters. The summed E-state index contributed by atoms with van der Waals surface area (Å²) in [5.74, 6) is -1.31. The van der Waals surface area contributed by atoms with Gasteiger partial charge in [-0.2, -0.15) is 0 Å². The molecule has 0 aliphatic carbocycles. The van der Waals surface area contributed by atoms with E-state index in [1.807, 2.05) is 19.9 Å². The van der Waals surface area contributed by atoms with Crippen LogP contribution in [0.15, 0.2) is 23.3 Å². The maximum Gasteiger partial charge on any atom is 0.320 e. The second-order valence-corrected chi connectivity index (χ2v) is 6.01. The predicted molar refractivity (Wildman–Crippen MR) is 92.4 cm³/mol. The number of nitrogens with zero attached hydrogens (tertiary/aromatic N) is 1. The molecule has 0 fully saturated rings. The van der Waals surface area contributed by atoms with Gasteiger partial charge in [0.05, 0.1) is 13.1 Å². The summed E-state index contributed by atoms with van der Waals surface area (Å²) in [6.07, 6.45) is 7.85. The number of carbonyl (C=O) groups excluding carboxylic acids is 1. The largest absolute Gasteiger partial charge is 0.480 e. The highest BCUT2D eigenvalue weighted by molar-refractivity contribution is 5.74. The third-order valence-electron chi connectivity index (χ3n) is 3.31. The molecule has 0 atom stereocenters. The van der Waals surface area contributed by atoms with Gasteiger partial charge in [0.1, 0.15) is 6.61 Å². The van der Waals surface area contributed by atoms with Crippen molar-refractivity contribution in [3.63, 3.8) is 0 Å². The average Bonchev–Trinajstić information content (AvgIpc) is 2.43. The number of carboxylic acid groups (broad SMARTS) is 1. The van der Waals surface area contributed by atoms with Crippen LogP contribution in [0.2, 0.25) is 0 Å². The summed E-state index contributed by atoms with van der Waals surface area (Å²) >= 11 is 0. The van der Waals surface area contributed by atoms with Crippen molar-refractivity contribution in [1.82, 2.24) is 4.90 Å². The van der Waals surface area contributed by atoms with Crippen molar-refractivity contribution in [2.24, 2.45) is 0 Å². The van der Waals surface area contributed by atoms with E-state index in [4.69, 9.17) is 9.84 Å². The second-order valence-electron chi connectivity index (χ2n) is 6.01. The van der Waals surface area contributed by atoms with E-state index in [0.717, 1.165) is 25.7 Å². The van der Waals surface area contributed by atoms with Gasteiger partial charge in [-0.15, -0.1) is 0 Å². The van der Waals surface area contributed by atoms with E-state index in [0.29, 0.717) is 6.54 Å². The molecular weight excluding hydrogens is 294 g/mol. The SMILES string of the molecule is CCCCN(CC(=O)O)CC(=O)OC/C=C(\C)CCC=C(C)C. The first-order valence-electron chi connectivity index (χ1n) is 8.23. The topological polar surface area (TPSA) is 66.8 Å². The van der Waals surface area contributed by atoms with Crippen molar-refractivity contribution >= 4 is 11.9 Å². The lowest BCUT2D eigenvalue weighted by Gasteiger charge is -2.18. The lowest BCUT2D eigenvalue weighted by Crippen LogP contribution is -2.36. The maximum absolute atomic E-state index is 11.8. The Labute approximate surface area is 140 Å². The van der Waals surface area contributed by atoms with Crippen molar-refractivity contribution in [3.05, 3.63) is 23.3 Å². The summed E-state index contributed by atoms with van der Waals surface area (Å²) in [5.41, 5.74) is 2.48. The Balaban J connectivity index is 4.14. The highest BCUT2D eigenvalue weighted by Gasteiger charge is 2.14. The molecule has 0 bridgehead atoms. The van der Waals surface area contributed by atoms with Gasteiger partial charge in [0.25, 0.3) is 0 Å². The molecule has 0 saturated carbocycles. The van der Waals surface area contributed by atoms with Gasteiger partial charge in [-0.3, -0.25) is 14.5 Å². The lowest BCUT2D eigenvalue weighted by atomic mass is 10.1. The zero-order valence-corrected chi connectivity index (χ0v) is 14.9. The van der Waals surface area contributed by atoms with E-state index < -0.39 is 5.97 Å². The fourth-order valence-electron chi connectivity index (χ4n) is 1.98. The van der Waals surface area contributed by atoms with Crippen LogP contribution in [0.25, 0.3) is 0 Å². The Morgan fingerprint density at radius 3 is 2.39 bits per heavy atom. The van der Waals surface area contributed by atoms with Crippen LogP contribution in [0.1, 0.15) is 53.4 Å². The molecule has 23 heavy (non-hydrogen) atoms. The zero-order chi connectivity index (χ0) is 17.7. The van der Waals surface area contributed by atoms with E-state index in [1.54, 1.807) is 4.90 Å². The number of rotatable bonds is 12. The lowest BCUT2D eigenvalue weighted by molar-refractivity contribution is -0.145. The van der Waals surface area contributed by atoms with Crippen LogP contribution in [0, 0.1) is 0 Å². The number of hydrogen-bond donors (Lipinski definition) is 1. The van der Waals surface area contributed by atoms with Gasteiger partial charge in [-0.1, -0.05) is 30.6 Å². The fourth-order valence-corrected chi connectivity index (χ4v) is 1.98. The van der Waals surface area contributed by atoms with Crippen LogP contribution in [-0.2, 0) is 14.3 Å². The summed E-state index contributed by atoms with van der Waals surface area (Å²) in [5, 5.41) is 8.86. The summed E-state index contributed by atoms with van der Waals surface area (Å²) in [7, 11) is 0. The van der Waals surface area contributed by atoms with E-state index in [9.17, 15) is 9.59 Å². The second kappa shape index (κ2) is 12.9. The molecule has 0 spiro atoms. The van der Waals surface area contributed by atoms with Gasteiger partial charge < -0.3 is 9.84 Å². The van der Waals surface area contributed by atoms with Crippen LogP contribution >= 0.6 is 0 Å². The Morgan fingerprint density at radius 1 is 1.13 bits per heavy atom. The number of esters is 1. The minimum atomic E-state index is -0.927. The number of ether oxygens (including phenoxy) is 1. The normalized spacial score (nSPS) is 11.4. The number of carbonyl (C=O) groups is 2. The highest BCUT2D eigenvalue weighted by atomic mass is 16.5. The molecule has 0 aromatic carbocycles. The third-order valence-corrected chi connectivity index (χ3v) is 3.31. The Bertz CT molecular complexity index is 423. The molecule has 5 nitrogen and oxygen atoms in total. The standard InChI is InChI=1S/C18H31NO4/c1-5-6-11-19(13-17(20)21)14-18(22)23-12-10-16(4)9-7-8-15(2)3/h8,10H,5-7,9,11-14H2,1-4H3,(H,20,21)/b16-10+. The summed E-state index contributed by atoms with van der Waals surface area (Å²) in [6, 6.07) is 0. The molecule has 0 saturated heterocycles. The van der Waals surface area contributed by atoms with E-state index >= 15 is 0 Å². The molecule has 5 heteroatoms. The molecule has 0 rings (SSSR count). The quantitative estimate of drug-likeness (QED) is 0.440. The fraction of sp³-hybridized carbons (Fsp3) is 0.667. The molecule has 0 heterocycles. The average molecular weight is 325 g/mol. The Morgan fingerprint density at radius 2 is 1.83 bits per heavy atom. The van der Waals surface area contributed by atoms with Gasteiger partial charge in [0.15, 0.2) is 0 Å².